The van der Waals surface area contributed by atoms with E-state index in [1.165, 1.54) is 25.7 Å². The molecule has 0 aromatic carbocycles. The lowest BCUT2D eigenvalue weighted by Gasteiger charge is -2.28. The maximum atomic E-state index is 5.70. The van der Waals surface area contributed by atoms with Gasteiger partial charge in [-0.25, -0.2) is 0 Å². The van der Waals surface area contributed by atoms with Crippen molar-refractivity contribution in [1.29, 1.82) is 0 Å². The van der Waals surface area contributed by atoms with Gasteiger partial charge in [-0.2, -0.15) is 0 Å². The molecule has 3 aliphatic rings. The summed E-state index contributed by atoms with van der Waals surface area (Å²) in [7, 11) is 0. The van der Waals surface area contributed by atoms with E-state index in [4.69, 9.17) is 4.74 Å². The topological polar surface area (TPSA) is 12.5 Å². The molecule has 3 rings (SSSR count). The highest BCUT2D eigenvalue weighted by molar-refractivity contribution is 5.38. The number of fused-ring (bicyclic) bond motifs is 1. The fourth-order valence-electron chi connectivity index (χ4n) is 4.01. The van der Waals surface area contributed by atoms with Gasteiger partial charge in [0.25, 0.3) is 0 Å². The van der Waals surface area contributed by atoms with E-state index < -0.39 is 0 Å². The van der Waals surface area contributed by atoms with E-state index in [1.807, 2.05) is 0 Å². The Morgan fingerprint density at radius 3 is 2.33 bits per heavy atom. The van der Waals surface area contributed by atoms with Gasteiger partial charge < -0.3 is 4.74 Å². The lowest BCUT2D eigenvalue weighted by atomic mass is 9.76. The molecule has 0 spiro atoms. The Kier molecular flexibility index (Phi) is 1.77. The van der Waals surface area contributed by atoms with E-state index in [0.29, 0.717) is 23.0 Å². The molecule has 0 aromatic heterocycles. The SMILES string of the molecule is CCC1(C)CC(C)(C)C2=C1C[C@@H]1O[C@H]1C2. The Balaban J connectivity index is 2.03. The molecule has 15 heavy (non-hydrogen) atoms. The van der Waals surface area contributed by atoms with E-state index in [9.17, 15) is 0 Å². The average molecular weight is 206 g/mol. The minimum atomic E-state index is 0.428. The molecule has 3 atom stereocenters. The highest BCUT2D eigenvalue weighted by Crippen LogP contribution is 2.61. The van der Waals surface area contributed by atoms with Gasteiger partial charge in [0.2, 0.25) is 0 Å². The quantitative estimate of drug-likeness (QED) is 0.471. The van der Waals surface area contributed by atoms with Crippen molar-refractivity contribution in [2.75, 3.05) is 0 Å². The van der Waals surface area contributed by atoms with Crippen LogP contribution in [0.15, 0.2) is 11.1 Å². The summed E-state index contributed by atoms with van der Waals surface area (Å²) >= 11 is 0. The summed E-state index contributed by atoms with van der Waals surface area (Å²) in [5, 5.41) is 0. The zero-order valence-electron chi connectivity index (χ0n) is 10.4. The molecule has 0 amide bonds. The Morgan fingerprint density at radius 2 is 1.73 bits per heavy atom. The summed E-state index contributed by atoms with van der Waals surface area (Å²) in [5.41, 5.74) is 4.40. The molecule has 2 aliphatic carbocycles. The second-order valence-corrected chi connectivity index (χ2v) is 6.55. The molecular weight excluding hydrogens is 184 g/mol. The second kappa shape index (κ2) is 2.68. The minimum Gasteiger partial charge on any atom is -0.369 e. The Bertz CT molecular complexity index is 339. The third-order valence-corrected chi connectivity index (χ3v) is 5.02. The molecule has 1 heteroatoms. The molecular formula is C14H22O. The van der Waals surface area contributed by atoms with Gasteiger partial charge in [0.1, 0.15) is 0 Å². The predicted octanol–water partition coefficient (Wildman–Crippen LogP) is 3.69. The van der Waals surface area contributed by atoms with Crippen LogP contribution in [0.2, 0.25) is 0 Å². The van der Waals surface area contributed by atoms with E-state index in [2.05, 4.69) is 27.7 Å². The largest absolute Gasteiger partial charge is 0.369 e. The van der Waals surface area contributed by atoms with Crippen molar-refractivity contribution in [2.24, 2.45) is 10.8 Å². The molecule has 1 nitrogen and oxygen atoms in total. The normalized spacial score (nSPS) is 46.4. The van der Waals surface area contributed by atoms with Gasteiger partial charge in [-0.15, -0.1) is 0 Å². The van der Waals surface area contributed by atoms with Crippen LogP contribution in [0.3, 0.4) is 0 Å². The molecule has 1 saturated heterocycles. The van der Waals surface area contributed by atoms with Gasteiger partial charge in [0, 0.05) is 0 Å². The number of ether oxygens (including phenoxy) is 1. The van der Waals surface area contributed by atoms with Crippen molar-refractivity contribution >= 4 is 0 Å². The van der Waals surface area contributed by atoms with Crippen LogP contribution in [0.25, 0.3) is 0 Å². The maximum absolute atomic E-state index is 5.70. The van der Waals surface area contributed by atoms with Gasteiger partial charge in [-0.1, -0.05) is 38.8 Å². The van der Waals surface area contributed by atoms with Crippen molar-refractivity contribution in [2.45, 2.75) is 65.6 Å². The summed E-state index contributed by atoms with van der Waals surface area (Å²) < 4.78 is 5.70. The highest BCUT2D eigenvalue weighted by Gasteiger charge is 2.54. The Morgan fingerprint density at radius 1 is 1.13 bits per heavy atom. The zero-order valence-corrected chi connectivity index (χ0v) is 10.4. The van der Waals surface area contributed by atoms with Crippen molar-refractivity contribution in [3.63, 3.8) is 0 Å². The first-order valence-electron chi connectivity index (χ1n) is 6.35. The molecule has 0 saturated carbocycles. The molecule has 0 radical (unpaired) electrons. The number of rotatable bonds is 1. The van der Waals surface area contributed by atoms with Crippen LogP contribution < -0.4 is 0 Å². The first kappa shape index (κ1) is 9.89. The molecule has 1 heterocycles. The fourth-order valence-corrected chi connectivity index (χ4v) is 4.01. The summed E-state index contributed by atoms with van der Waals surface area (Å²) in [5.74, 6) is 0. The van der Waals surface area contributed by atoms with Crippen LogP contribution in [0, 0.1) is 10.8 Å². The molecule has 0 bridgehead atoms. The highest BCUT2D eigenvalue weighted by atomic mass is 16.6. The van der Waals surface area contributed by atoms with Crippen molar-refractivity contribution in [3.05, 3.63) is 11.1 Å². The Hall–Kier alpha value is -0.300. The molecule has 84 valence electrons. The molecule has 1 aliphatic heterocycles. The number of hydrogen-bond donors (Lipinski definition) is 0. The minimum absolute atomic E-state index is 0.428. The first-order valence-corrected chi connectivity index (χ1v) is 6.35. The lowest BCUT2D eigenvalue weighted by Crippen LogP contribution is -2.18. The summed E-state index contributed by atoms with van der Waals surface area (Å²) in [6.45, 7) is 9.64. The Labute approximate surface area is 92.9 Å². The van der Waals surface area contributed by atoms with Gasteiger partial charge in [-0.3, -0.25) is 0 Å². The maximum Gasteiger partial charge on any atom is 0.0882 e. The van der Waals surface area contributed by atoms with Crippen LogP contribution in [0.1, 0.15) is 53.4 Å². The van der Waals surface area contributed by atoms with Crippen LogP contribution in [0.5, 0.6) is 0 Å². The van der Waals surface area contributed by atoms with Crippen LogP contribution in [0.4, 0.5) is 0 Å². The third kappa shape index (κ3) is 1.25. The van der Waals surface area contributed by atoms with Gasteiger partial charge in [0.05, 0.1) is 12.2 Å². The van der Waals surface area contributed by atoms with Gasteiger partial charge >= 0.3 is 0 Å². The van der Waals surface area contributed by atoms with Crippen LogP contribution in [-0.4, -0.2) is 12.2 Å². The monoisotopic (exact) mass is 206 g/mol. The van der Waals surface area contributed by atoms with Crippen molar-refractivity contribution in [3.8, 4) is 0 Å². The van der Waals surface area contributed by atoms with Gasteiger partial charge in [0.15, 0.2) is 0 Å². The van der Waals surface area contributed by atoms with E-state index in [-0.39, 0.29) is 0 Å². The first-order chi connectivity index (χ1) is 6.96. The predicted molar refractivity (Wildman–Crippen MR) is 61.7 cm³/mol. The smallest absolute Gasteiger partial charge is 0.0882 e. The lowest BCUT2D eigenvalue weighted by molar-refractivity contribution is 0.268. The molecule has 1 unspecified atom stereocenters. The zero-order chi connectivity index (χ0) is 10.8. The molecule has 0 aromatic rings. The fraction of sp³-hybridized carbons (Fsp3) is 0.857. The van der Waals surface area contributed by atoms with E-state index >= 15 is 0 Å². The number of hydrogen-bond acceptors (Lipinski definition) is 1. The summed E-state index contributed by atoms with van der Waals surface area (Å²) in [4.78, 5) is 0. The van der Waals surface area contributed by atoms with E-state index in [1.54, 1.807) is 11.1 Å². The standard InChI is InChI=1S/C14H22O/c1-5-14(4)8-13(2,3)9-6-11-12(15-11)7-10(9)14/h11-12H,5-8H2,1-4H3/t11-,12-,14?/m0/s1. The summed E-state index contributed by atoms with van der Waals surface area (Å²) in [6.07, 6.45) is 6.26. The van der Waals surface area contributed by atoms with Crippen molar-refractivity contribution in [1.82, 2.24) is 0 Å². The molecule has 1 fully saturated rings. The van der Waals surface area contributed by atoms with Gasteiger partial charge in [-0.05, 0) is 36.5 Å². The molecule has 0 N–H and O–H groups in total. The van der Waals surface area contributed by atoms with Crippen molar-refractivity contribution < 1.29 is 4.74 Å². The average Bonchev–Trinajstić information content (AvgIpc) is 2.88. The second-order valence-electron chi connectivity index (χ2n) is 6.55. The van der Waals surface area contributed by atoms with E-state index in [0.717, 1.165) is 0 Å². The van der Waals surface area contributed by atoms with Crippen LogP contribution in [-0.2, 0) is 4.74 Å². The summed E-state index contributed by atoms with van der Waals surface area (Å²) in [6, 6.07) is 0. The third-order valence-electron chi connectivity index (χ3n) is 5.02. The van der Waals surface area contributed by atoms with Crippen LogP contribution >= 0.6 is 0 Å². The number of epoxide rings is 1.